The average molecular weight is 355 g/mol. The first-order chi connectivity index (χ1) is 8.74. The zero-order valence-electron chi connectivity index (χ0n) is 10.7. The van der Waals surface area contributed by atoms with E-state index in [-0.39, 0.29) is 6.04 Å². The molecule has 0 amide bonds. The molecule has 1 atom stereocenters. The van der Waals surface area contributed by atoms with Gasteiger partial charge in [-0.2, -0.15) is 5.10 Å². The Hall–Kier alpha value is -0.880. The molecule has 1 N–H and O–H groups in total. The Kier molecular flexibility index (Phi) is 4.77. The van der Waals surface area contributed by atoms with E-state index in [0.29, 0.717) is 0 Å². The number of nitrogens with zero attached hydrogens (tertiary/aromatic N) is 2. The lowest BCUT2D eigenvalue weighted by molar-refractivity contribution is 0.600. The van der Waals surface area contributed by atoms with Crippen molar-refractivity contribution < 1.29 is 0 Å². The van der Waals surface area contributed by atoms with Gasteiger partial charge >= 0.3 is 0 Å². The number of halogens is 1. The van der Waals surface area contributed by atoms with Gasteiger partial charge in [-0.05, 0) is 53.8 Å². The third-order valence-corrected chi connectivity index (χ3v) is 3.65. The van der Waals surface area contributed by atoms with Crippen LogP contribution in [0.25, 0.3) is 0 Å². The molecule has 0 bridgehead atoms. The molecule has 0 aliphatic carbocycles. The number of rotatable bonds is 5. The van der Waals surface area contributed by atoms with Crippen LogP contribution in [0.5, 0.6) is 0 Å². The molecule has 0 saturated carbocycles. The summed E-state index contributed by atoms with van der Waals surface area (Å²) in [6, 6.07) is 8.82. The minimum absolute atomic E-state index is 0.215. The molecule has 2 aromatic rings. The van der Waals surface area contributed by atoms with Crippen molar-refractivity contribution in [3.8, 4) is 0 Å². The molecule has 0 radical (unpaired) electrons. The Morgan fingerprint density at radius 3 is 2.61 bits per heavy atom. The number of benzene rings is 1. The summed E-state index contributed by atoms with van der Waals surface area (Å²) in [5, 5.41) is 7.75. The summed E-state index contributed by atoms with van der Waals surface area (Å²) in [5.41, 5.74) is 2.49. The van der Waals surface area contributed by atoms with Crippen LogP contribution in [0.4, 0.5) is 0 Å². The molecule has 96 valence electrons. The van der Waals surface area contributed by atoms with Gasteiger partial charge < -0.3 is 5.32 Å². The zero-order valence-corrected chi connectivity index (χ0v) is 12.9. The highest BCUT2D eigenvalue weighted by Crippen LogP contribution is 2.22. The lowest BCUT2D eigenvalue weighted by Crippen LogP contribution is -2.17. The van der Waals surface area contributed by atoms with Gasteiger partial charge in [-0.25, -0.2) is 0 Å². The van der Waals surface area contributed by atoms with Crippen molar-refractivity contribution in [1.82, 2.24) is 15.1 Å². The number of aromatic nitrogens is 2. The average Bonchev–Trinajstić information content (AvgIpc) is 2.82. The quantitative estimate of drug-likeness (QED) is 0.835. The van der Waals surface area contributed by atoms with E-state index in [0.717, 1.165) is 13.0 Å². The van der Waals surface area contributed by atoms with Crippen LogP contribution in [0.2, 0.25) is 0 Å². The Labute approximate surface area is 122 Å². The van der Waals surface area contributed by atoms with Crippen LogP contribution in [0.3, 0.4) is 0 Å². The van der Waals surface area contributed by atoms with E-state index < -0.39 is 0 Å². The van der Waals surface area contributed by atoms with E-state index in [1.807, 2.05) is 17.9 Å². The summed E-state index contributed by atoms with van der Waals surface area (Å²) in [6.07, 6.45) is 5.19. The predicted molar refractivity (Wildman–Crippen MR) is 82.6 cm³/mol. The maximum Gasteiger partial charge on any atom is 0.0605 e. The van der Waals surface area contributed by atoms with Gasteiger partial charge in [-0.1, -0.05) is 19.1 Å². The van der Waals surface area contributed by atoms with Gasteiger partial charge in [0.2, 0.25) is 0 Å². The van der Waals surface area contributed by atoms with Crippen molar-refractivity contribution in [1.29, 1.82) is 0 Å². The summed E-state index contributed by atoms with van der Waals surface area (Å²) >= 11 is 2.32. The first kappa shape index (κ1) is 13.5. The minimum atomic E-state index is 0.215. The maximum absolute atomic E-state index is 4.39. The van der Waals surface area contributed by atoms with Crippen LogP contribution in [0.15, 0.2) is 36.7 Å². The summed E-state index contributed by atoms with van der Waals surface area (Å²) in [4.78, 5) is 0. The highest BCUT2D eigenvalue weighted by atomic mass is 127. The number of aryl methyl sites for hydroxylation is 1. The normalized spacial score (nSPS) is 12.6. The molecule has 18 heavy (non-hydrogen) atoms. The smallest absolute Gasteiger partial charge is 0.0605 e. The fourth-order valence-electron chi connectivity index (χ4n) is 2.06. The monoisotopic (exact) mass is 355 g/mol. The first-order valence-electron chi connectivity index (χ1n) is 6.19. The molecule has 0 aliphatic rings. The molecule has 0 spiro atoms. The summed E-state index contributed by atoms with van der Waals surface area (Å²) in [6.45, 7) is 3.14. The minimum Gasteiger partial charge on any atom is -0.309 e. The molecular weight excluding hydrogens is 337 g/mol. The molecular formula is C14H18IN3. The number of hydrogen-bond donors (Lipinski definition) is 1. The second-order valence-corrected chi connectivity index (χ2v) is 5.56. The largest absolute Gasteiger partial charge is 0.309 e. The Morgan fingerprint density at radius 1 is 1.28 bits per heavy atom. The molecule has 1 aromatic carbocycles. The van der Waals surface area contributed by atoms with E-state index in [4.69, 9.17) is 0 Å². The SMILES string of the molecule is CCCn1cc(C(NC)c2ccc(I)cc2)cn1. The number of hydrogen-bond acceptors (Lipinski definition) is 2. The Morgan fingerprint density at radius 2 is 2.00 bits per heavy atom. The molecule has 1 heterocycles. The molecule has 0 aliphatic heterocycles. The van der Waals surface area contributed by atoms with Crippen LogP contribution >= 0.6 is 22.6 Å². The van der Waals surface area contributed by atoms with Crippen LogP contribution in [-0.2, 0) is 6.54 Å². The lowest BCUT2D eigenvalue weighted by Gasteiger charge is -2.14. The van der Waals surface area contributed by atoms with Gasteiger partial charge in [0.25, 0.3) is 0 Å². The van der Waals surface area contributed by atoms with Gasteiger partial charge in [-0.3, -0.25) is 4.68 Å². The van der Waals surface area contributed by atoms with Crippen molar-refractivity contribution in [3.05, 3.63) is 51.4 Å². The van der Waals surface area contributed by atoms with Gasteiger partial charge in [0.05, 0.1) is 12.2 Å². The van der Waals surface area contributed by atoms with Crippen molar-refractivity contribution in [2.75, 3.05) is 7.05 Å². The van der Waals surface area contributed by atoms with Crippen LogP contribution in [-0.4, -0.2) is 16.8 Å². The maximum atomic E-state index is 4.39. The van der Waals surface area contributed by atoms with Crippen LogP contribution < -0.4 is 5.32 Å². The van der Waals surface area contributed by atoms with Gasteiger partial charge in [0.15, 0.2) is 0 Å². The van der Waals surface area contributed by atoms with E-state index in [9.17, 15) is 0 Å². The van der Waals surface area contributed by atoms with Gasteiger partial charge in [-0.15, -0.1) is 0 Å². The predicted octanol–water partition coefficient (Wildman–Crippen LogP) is 3.21. The summed E-state index contributed by atoms with van der Waals surface area (Å²) in [7, 11) is 1.99. The van der Waals surface area contributed by atoms with E-state index >= 15 is 0 Å². The molecule has 4 heteroatoms. The molecule has 3 nitrogen and oxygen atoms in total. The fraction of sp³-hybridized carbons (Fsp3) is 0.357. The summed E-state index contributed by atoms with van der Waals surface area (Å²) < 4.78 is 3.26. The standard InChI is InChI=1S/C14H18IN3/c1-3-8-18-10-12(9-17-18)14(16-2)11-4-6-13(15)7-5-11/h4-7,9-10,14,16H,3,8H2,1-2H3. The van der Waals surface area contributed by atoms with E-state index in [1.165, 1.54) is 14.7 Å². The highest BCUT2D eigenvalue weighted by molar-refractivity contribution is 14.1. The van der Waals surface area contributed by atoms with Crippen molar-refractivity contribution in [3.63, 3.8) is 0 Å². The highest BCUT2D eigenvalue weighted by Gasteiger charge is 2.13. The van der Waals surface area contributed by atoms with Gasteiger partial charge in [0, 0.05) is 21.9 Å². The molecule has 0 fully saturated rings. The summed E-state index contributed by atoms with van der Waals surface area (Å²) in [5.74, 6) is 0. The van der Waals surface area contributed by atoms with Crippen molar-refractivity contribution >= 4 is 22.6 Å². The first-order valence-corrected chi connectivity index (χ1v) is 7.27. The van der Waals surface area contributed by atoms with Crippen molar-refractivity contribution in [2.45, 2.75) is 25.9 Å². The molecule has 1 unspecified atom stereocenters. The third kappa shape index (κ3) is 3.11. The Balaban J connectivity index is 2.24. The number of nitrogens with one attached hydrogen (secondary N) is 1. The second-order valence-electron chi connectivity index (χ2n) is 4.31. The second kappa shape index (κ2) is 6.33. The van der Waals surface area contributed by atoms with Gasteiger partial charge in [0.1, 0.15) is 0 Å². The van der Waals surface area contributed by atoms with Crippen molar-refractivity contribution in [2.24, 2.45) is 0 Å². The zero-order chi connectivity index (χ0) is 13.0. The van der Waals surface area contributed by atoms with E-state index in [1.54, 1.807) is 0 Å². The fourth-order valence-corrected chi connectivity index (χ4v) is 2.42. The van der Waals surface area contributed by atoms with Crippen LogP contribution in [0, 0.1) is 3.57 Å². The molecule has 1 aromatic heterocycles. The lowest BCUT2D eigenvalue weighted by atomic mass is 10.0. The van der Waals surface area contributed by atoms with Crippen LogP contribution in [0.1, 0.15) is 30.5 Å². The topological polar surface area (TPSA) is 29.9 Å². The Bertz CT molecular complexity index is 490. The van der Waals surface area contributed by atoms with E-state index in [2.05, 4.69) is 70.4 Å². The third-order valence-electron chi connectivity index (χ3n) is 2.93. The molecule has 2 rings (SSSR count). The molecule has 0 saturated heterocycles.